The number of nitrogens with zero attached hydrogens (tertiary/aromatic N) is 5. The Morgan fingerprint density at radius 3 is 2.78 bits per heavy atom. The second-order valence-corrected chi connectivity index (χ2v) is 5.81. The van der Waals surface area contributed by atoms with E-state index >= 15 is 0 Å². The number of piperazine rings is 1. The predicted octanol–water partition coefficient (Wildman–Crippen LogP) is 1.02. The molecule has 3 heterocycles. The molecule has 1 unspecified atom stereocenters. The van der Waals surface area contributed by atoms with E-state index in [1.807, 2.05) is 12.1 Å². The van der Waals surface area contributed by atoms with E-state index in [0.717, 1.165) is 38.2 Å². The van der Waals surface area contributed by atoms with Gasteiger partial charge in [0.1, 0.15) is 0 Å². The molecule has 1 aliphatic heterocycles. The summed E-state index contributed by atoms with van der Waals surface area (Å²) in [6, 6.07) is 4.05. The van der Waals surface area contributed by atoms with E-state index in [9.17, 15) is 5.11 Å². The topological polar surface area (TPSA) is 78.5 Å². The molecule has 0 aromatic carbocycles. The van der Waals surface area contributed by atoms with E-state index in [-0.39, 0.29) is 12.6 Å². The van der Waals surface area contributed by atoms with Crippen LogP contribution in [-0.4, -0.2) is 68.9 Å². The predicted molar refractivity (Wildman–Crippen MR) is 85.5 cm³/mol. The minimum atomic E-state index is 0.231. The molecule has 0 aliphatic carbocycles. The third-order valence-corrected chi connectivity index (χ3v) is 4.35. The number of aromatic nitrogens is 3. The maximum Gasteiger partial charge on any atom is 0.241 e. The van der Waals surface area contributed by atoms with Crippen molar-refractivity contribution in [1.29, 1.82) is 0 Å². The number of rotatable bonds is 6. The summed E-state index contributed by atoms with van der Waals surface area (Å²) in [6.45, 7) is 6.82. The Hall–Kier alpha value is -1.83. The molecule has 0 radical (unpaired) electrons. The normalized spacial score (nSPS) is 18.2. The molecule has 2 aromatic heterocycles. The highest BCUT2D eigenvalue weighted by Gasteiger charge is 2.23. The van der Waals surface area contributed by atoms with Gasteiger partial charge in [-0.3, -0.25) is 14.8 Å². The molecular formula is C16H23N5O2. The summed E-state index contributed by atoms with van der Waals surface area (Å²) < 4.78 is 5.35. The lowest BCUT2D eigenvalue weighted by atomic mass is 10.1. The van der Waals surface area contributed by atoms with Gasteiger partial charge in [0, 0.05) is 50.2 Å². The summed E-state index contributed by atoms with van der Waals surface area (Å²) in [5.41, 5.74) is 0.862. The van der Waals surface area contributed by atoms with Gasteiger partial charge in [0.25, 0.3) is 0 Å². The van der Waals surface area contributed by atoms with Crippen molar-refractivity contribution in [2.75, 3.05) is 32.8 Å². The zero-order chi connectivity index (χ0) is 16.1. The van der Waals surface area contributed by atoms with Crippen molar-refractivity contribution < 1.29 is 9.63 Å². The standard InChI is InChI=1S/C16H23N5O2/c1-2-14(12-22)21-8-6-20(7-9-21)11-15-18-16(19-23-15)13-4-3-5-17-10-13/h3-5,10,14,22H,2,6-9,11-12H2,1H3. The van der Waals surface area contributed by atoms with Crippen LogP contribution in [0.5, 0.6) is 0 Å². The van der Waals surface area contributed by atoms with E-state index in [1.54, 1.807) is 12.4 Å². The molecule has 3 rings (SSSR count). The highest BCUT2D eigenvalue weighted by molar-refractivity contribution is 5.51. The van der Waals surface area contributed by atoms with Crippen LogP contribution in [0.4, 0.5) is 0 Å². The van der Waals surface area contributed by atoms with Gasteiger partial charge in [0.2, 0.25) is 11.7 Å². The monoisotopic (exact) mass is 317 g/mol. The van der Waals surface area contributed by atoms with Crippen molar-refractivity contribution in [3.05, 3.63) is 30.4 Å². The van der Waals surface area contributed by atoms with Crippen molar-refractivity contribution in [2.24, 2.45) is 0 Å². The van der Waals surface area contributed by atoms with Crippen LogP contribution in [0.25, 0.3) is 11.4 Å². The minimum absolute atomic E-state index is 0.231. The molecule has 1 aliphatic rings. The number of aliphatic hydroxyl groups is 1. The van der Waals surface area contributed by atoms with Crippen LogP contribution >= 0.6 is 0 Å². The Labute approximate surface area is 135 Å². The molecule has 0 saturated carbocycles. The Morgan fingerprint density at radius 2 is 2.13 bits per heavy atom. The zero-order valence-electron chi connectivity index (χ0n) is 13.4. The van der Waals surface area contributed by atoms with E-state index in [2.05, 4.69) is 31.8 Å². The highest BCUT2D eigenvalue weighted by Crippen LogP contribution is 2.16. The molecular weight excluding hydrogens is 294 g/mol. The van der Waals surface area contributed by atoms with Crippen LogP contribution in [0, 0.1) is 0 Å². The lowest BCUT2D eigenvalue weighted by Gasteiger charge is -2.37. The fourth-order valence-electron chi connectivity index (χ4n) is 2.91. The maximum absolute atomic E-state index is 9.40. The van der Waals surface area contributed by atoms with Crippen LogP contribution in [0.1, 0.15) is 19.2 Å². The van der Waals surface area contributed by atoms with Gasteiger partial charge >= 0.3 is 0 Å². The molecule has 7 nitrogen and oxygen atoms in total. The van der Waals surface area contributed by atoms with E-state index in [4.69, 9.17) is 4.52 Å². The third kappa shape index (κ3) is 3.93. The first-order valence-corrected chi connectivity index (χ1v) is 8.10. The van der Waals surface area contributed by atoms with Crippen LogP contribution in [0.2, 0.25) is 0 Å². The molecule has 1 atom stereocenters. The molecule has 0 bridgehead atoms. The molecule has 2 aromatic rings. The Kier molecular flexibility index (Phi) is 5.32. The summed E-state index contributed by atoms with van der Waals surface area (Å²) in [5.74, 6) is 1.21. The average Bonchev–Trinajstić information content (AvgIpc) is 3.07. The first kappa shape index (κ1) is 16.0. The second kappa shape index (κ2) is 7.63. The average molecular weight is 317 g/mol. The number of aliphatic hydroxyl groups excluding tert-OH is 1. The van der Waals surface area contributed by atoms with Crippen molar-refractivity contribution in [2.45, 2.75) is 25.9 Å². The van der Waals surface area contributed by atoms with E-state index in [1.165, 1.54) is 0 Å². The van der Waals surface area contributed by atoms with Crippen LogP contribution in [0.15, 0.2) is 29.0 Å². The van der Waals surface area contributed by atoms with Crippen molar-refractivity contribution in [3.63, 3.8) is 0 Å². The summed E-state index contributed by atoms with van der Waals surface area (Å²) in [7, 11) is 0. The molecule has 7 heteroatoms. The summed E-state index contributed by atoms with van der Waals surface area (Å²) in [5, 5.41) is 13.4. The molecule has 1 fully saturated rings. The fraction of sp³-hybridized carbons (Fsp3) is 0.562. The van der Waals surface area contributed by atoms with Gasteiger partial charge in [0.15, 0.2) is 0 Å². The molecule has 23 heavy (non-hydrogen) atoms. The molecule has 1 N–H and O–H groups in total. The first-order chi connectivity index (χ1) is 11.3. The summed E-state index contributed by atoms with van der Waals surface area (Å²) in [4.78, 5) is 13.2. The van der Waals surface area contributed by atoms with Gasteiger partial charge in [-0.25, -0.2) is 0 Å². The summed E-state index contributed by atoms with van der Waals surface area (Å²) >= 11 is 0. The zero-order valence-corrected chi connectivity index (χ0v) is 13.4. The third-order valence-electron chi connectivity index (χ3n) is 4.35. The van der Waals surface area contributed by atoms with Gasteiger partial charge in [-0.2, -0.15) is 4.98 Å². The number of hydrogen-bond donors (Lipinski definition) is 1. The van der Waals surface area contributed by atoms with Crippen molar-refractivity contribution in [1.82, 2.24) is 24.9 Å². The van der Waals surface area contributed by atoms with Crippen LogP contribution in [0.3, 0.4) is 0 Å². The second-order valence-electron chi connectivity index (χ2n) is 5.81. The Balaban J connectivity index is 1.54. The Morgan fingerprint density at radius 1 is 1.30 bits per heavy atom. The number of hydrogen-bond acceptors (Lipinski definition) is 7. The summed E-state index contributed by atoms with van der Waals surface area (Å²) in [6.07, 6.45) is 4.43. The smallest absolute Gasteiger partial charge is 0.241 e. The first-order valence-electron chi connectivity index (χ1n) is 8.10. The molecule has 124 valence electrons. The van der Waals surface area contributed by atoms with E-state index < -0.39 is 0 Å². The van der Waals surface area contributed by atoms with Crippen molar-refractivity contribution in [3.8, 4) is 11.4 Å². The largest absolute Gasteiger partial charge is 0.395 e. The highest BCUT2D eigenvalue weighted by atomic mass is 16.5. The maximum atomic E-state index is 9.40. The Bertz CT molecular complexity index is 592. The lowest BCUT2D eigenvalue weighted by molar-refractivity contribution is 0.0568. The van der Waals surface area contributed by atoms with E-state index in [0.29, 0.717) is 18.3 Å². The van der Waals surface area contributed by atoms with Crippen molar-refractivity contribution >= 4 is 0 Å². The van der Waals surface area contributed by atoms with Gasteiger partial charge in [0.05, 0.1) is 13.2 Å². The lowest BCUT2D eigenvalue weighted by Crippen LogP contribution is -2.50. The molecule has 0 spiro atoms. The fourth-order valence-corrected chi connectivity index (χ4v) is 2.91. The molecule has 1 saturated heterocycles. The van der Waals surface area contributed by atoms with Crippen LogP contribution in [-0.2, 0) is 6.54 Å². The minimum Gasteiger partial charge on any atom is -0.395 e. The van der Waals surface area contributed by atoms with Crippen LogP contribution < -0.4 is 0 Å². The van der Waals surface area contributed by atoms with Gasteiger partial charge in [-0.1, -0.05) is 12.1 Å². The van der Waals surface area contributed by atoms with Gasteiger partial charge in [-0.05, 0) is 18.6 Å². The SMILES string of the molecule is CCC(CO)N1CCN(Cc2nc(-c3cccnc3)no2)CC1. The number of pyridine rings is 1. The quantitative estimate of drug-likeness (QED) is 0.852. The van der Waals surface area contributed by atoms with Gasteiger partial charge < -0.3 is 9.63 Å². The molecule has 0 amide bonds. The van der Waals surface area contributed by atoms with Gasteiger partial charge in [-0.15, -0.1) is 0 Å².